The predicted molar refractivity (Wildman–Crippen MR) is 60.4 cm³/mol. The van der Waals surface area contributed by atoms with Gasteiger partial charge in [-0.05, 0) is 30.9 Å². The molecule has 3 nitrogen and oxygen atoms in total. The average molecular weight is 240 g/mol. The Kier molecular flexibility index (Phi) is 3.26. The van der Waals surface area contributed by atoms with E-state index in [0.717, 1.165) is 31.4 Å². The molecule has 0 spiro atoms. The van der Waals surface area contributed by atoms with Crippen LogP contribution < -0.4 is 11.1 Å². The van der Waals surface area contributed by atoms with Gasteiger partial charge < -0.3 is 11.1 Å². The fourth-order valence-electron chi connectivity index (χ4n) is 1.80. The van der Waals surface area contributed by atoms with E-state index >= 15 is 0 Å². The first-order valence-electron chi connectivity index (χ1n) is 5.61. The number of nitrogen functional groups attached to an aromatic ring is 1. The summed E-state index contributed by atoms with van der Waals surface area (Å²) in [5.74, 6) is -2.18. The zero-order valence-electron chi connectivity index (χ0n) is 9.30. The van der Waals surface area contributed by atoms with Crippen molar-refractivity contribution in [1.82, 2.24) is 5.32 Å². The van der Waals surface area contributed by atoms with Crippen molar-refractivity contribution in [2.75, 3.05) is 12.3 Å². The van der Waals surface area contributed by atoms with E-state index in [2.05, 4.69) is 5.32 Å². The zero-order valence-corrected chi connectivity index (χ0v) is 9.30. The molecule has 1 aliphatic rings. The SMILES string of the molecule is Nc1ccc(F)c(C(=O)NCC2CCC2)c1F. The summed E-state index contributed by atoms with van der Waals surface area (Å²) < 4.78 is 26.9. The molecule has 1 aliphatic carbocycles. The van der Waals surface area contributed by atoms with Gasteiger partial charge in [0.05, 0.1) is 5.69 Å². The number of rotatable bonds is 3. The fourth-order valence-corrected chi connectivity index (χ4v) is 1.80. The van der Waals surface area contributed by atoms with Gasteiger partial charge in [0.15, 0.2) is 5.82 Å². The molecule has 92 valence electrons. The highest BCUT2D eigenvalue weighted by Crippen LogP contribution is 2.25. The molecule has 0 radical (unpaired) electrons. The normalized spacial score (nSPS) is 15.4. The molecule has 17 heavy (non-hydrogen) atoms. The molecule has 0 atom stereocenters. The third kappa shape index (κ3) is 2.38. The van der Waals surface area contributed by atoms with Gasteiger partial charge in [-0.15, -0.1) is 0 Å². The van der Waals surface area contributed by atoms with Crippen molar-refractivity contribution in [2.45, 2.75) is 19.3 Å². The van der Waals surface area contributed by atoms with Crippen LogP contribution in [-0.2, 0) is 0 Å². The number of halogens is 2. The van der Waals surface area contributed by atoms with E-state index in [1.54, 1.807) is 0 Å². The predicted octanol–water partition coefficient (Wildman–Crippen LogP) is 2.08. The number of benzene rings is 1. The molecule has 0 unspecified atom stereocenters. The molecular weight excluding hydrogens is 226 g/mol. The van der Waals surface area contributed by atoms with Gasteiger partial charge in [0.25, 0.3) is 5.91 Å². The Bertz CT molecular complexity index is 444. The molecular formula is C12H14F2N2O. The third-order valence-corrected chi connectivity index (χ3v) is 3.12. The van der Waals surface area contributed by atoms with Crippen LogP contribution in [-0.4, -0.2) is 12.5 Å². The maximum Gasteiger partial charge on any atom is 0.257 e. The van der Waals surface area contributed by atoms with Crippen LogP contribution in [0.3, 0.4) is 0 Å². The minimum absolute atomic E-state index is 0.222. The molecule has 1 fully saturated rings. The lowest BCUT2D eigenvalue weighted by atomic mass is 9.85. The van der Waals surface area contributed by atoms with Crippen LogP contribution >= 0.6 is 0 Å². The van der Waals surface area contributed by atoms with E-state index in [-0.39, 0.29) is 5.69 Å². The first-order valence-corrected chi connectivity index (χ1v) is 5.61. The molecule has 2 rings (SSSR count). The van der Waals surface area contributed by atoms with Crippen LogP contribution in [0.4, 0.5) is 14.5 Å². The van der Waals surface area contributed by atoms with Crippen molar-refractivity contribution < 1.29 is 13.6 Å². The Balaban J connectivity index is 2.09. The number of nitrogens with two attached hydrogens (primary N) is 1. The highest BCUT2D eigenvalue weighted by atomic mass is 19.1. The topological polar surface area (TPSA) is 55.1 Å². The van der Waals surface area contributed by atoms with Crippen LogP contribution in [0.15, 0.2) is 12.1 Å². The van der Waals surface area contributed by atoms with E-state index < -0.39 is 23.1 Å². The maximum atomic E-state index is 13.5. The number of carbonyl (C=O) groups excluding carboxylic acids is 1. The summed E-state index contributed by atoms with van der Waals surface area (Å²) >= 11 is 0. The van der Waals surface area contributed by atoms with E-state index in [0.29, 0.717) is 12.5 Å². The lowest BCUT2D eigenvalue weighted by Gasteiger charge is -2.25. The number of nitrogens with one attached hydrogen (secondary N) is 1. The summed E-state index contributed by atoms with van der Waals surface area (Å²) in [6.45, 7) is 0.465. The van der Waals surface area contributed by atoms with Gasteiger partial charge in [-0.1, -0.05) is 6.42 Å². The van der Waals surface area contributed by atoms with E-state index in [4.69, 9.17) is 5.73 Å². The highest BCUT2D eigenvalue weighted by molar-refractivity contribution is 5.95. The zero-order chi connectivity index (χ0) is 12.4. The quantitative estimate of drug-likeness (QED) is 0.795. The number of carbonyl (C=O) groups is 1. The van der Waals surface area contributed by atoms with Crippen LogP contribution in [0, 0.1) is 17.6 Å². The van der Waals surface area contributed by atoms with Crippen LogP contribution in [0.25, 0.3) is 0 Å². The summed E-state index contributed by atoms with van der Waals surface area (Å²) in [5, 5.41) is 2.54. The fraction of sp³-hybridized carbons (Fsp3) is 0.417. The molecule has 5 heteroatoms. The minimum Gasteiger partial charge on any atom is -0.396 e. The van der Waals surface area contributed by atoms with Crippen LogP contribution in [0.1, 0.15) is 29.6 Å². The Labute approximate surface area is 98.0 Å². The van der Waals surface area contributed by atoms with Gasteiger partial charge in [0.1, 0.15) is 11.4 Å². The Morgan fingerprint density at radius 2 is 2.12 bits per heavy atom. The summed E-state index contributed by atoms with van der Waals surface area (Å²) in [7, 11) is 0. The first kappa shape index (κ1) is 11.8. The van der Waals surface area contributed by atoms with E-state index in [9.17, 15) is 13.6 Å². The van der Waals surface area contributed by atoms with Crippen molar-refractivity contribution in [3.05, 3.63) is 29.3 Å². The summed E-state index contributed by atoms with van der Waals surface area (Å²) in [5.41, 5.74) is 4.48. The van der Waals surface area contributed by atoms with Gasteiger partial charge in [-0.25, -0.2) is 8.78 Å². The molecule has 0 heterocycles. The first-order chi connectivity index (χ1) is 8.09. The molecule has 1 aromatic rings. The molecule has 3 N–H and O–H groups in total. The number of hydrogen-bond donors (Lipinski definition) is 2. The smallest absolute Gasteiger partial charge is 0.257 e. The molecule has 0 bridgehead atoms. The van der Waals surface area contributed by atoms with Gasteiger partial charge in [-0.3, -0.25) is 4.79 Å². The van der Waals surface area contributed by atoms with Crippen molar-refractivity contribution in [3.8, 4) is 0 Å². The average Bonchev–Trinajstić information content (AvgIpc) is 2.22. The van der Waals surface area contributed by atoms with Crippen molar-refractivity contribution in [1.29, 1.82) is 0 Å². The molecule has 1 aromatic carbocycles. The summed E-state index contributed by atoms with van der Waals surface area (Å²) in [4.78, 5) is 11.6. The molecule has 0 aromatic heterocycles. The van der Waals surface area contributed by atoms with Crippen LogP contribution in [0.2, 0.25) is 0 Å². The maximum absolute atomic E-state index is 13.5. The minimum atomic E-state index is -0.990. The molecule has 0 aliphatic heterocycles. The monoisotopic (exact) mass is 240 g/mol. The second kappa shape index (κ2) is 4.69. The number of anilines is 1. The van der Waals surface area contributed by atoms with Gasteiger partial charge in [0, 0.05) is 6.54 Å². The standard InChI is InChI=1S/C12H14F2N2O/c13-8-4-5-9(15)11(14)10(8)12(17)16-6-7-2-1-3-7/h4-5,7H,1-3,6,15H2,(H,16,17). The van der Waals surface area contributed by atoms with Crippen molar-refractivity contribution >= 4 is 11.6 Å². The summed E-state index contributed by atoms with van der Waals surface area (Å²) in [6.07, 6.45) is 3.27. The second-order valence-electron chi connectivity index (χ2n) is 4.33. The third-order valence-electron chi connectivity index (χ3n) is 3.12. The highest BCUT2D eigenvalue weighted by Gasteiger charge is 2.22. The number of hydrogen-bond acceptors (Lipinski definition) is 2. The second-order valence-corrected chi connectivity index (χ2v) is 4.33. The Morgan fingerprint density at radius 3 is 2.71 bits per heavy atom. The lowest BCUT2D eigenvalue weighted by Crippen LogP contribution is -2.33. The lowest BCUT2D eigenvalue weighted by molar-refractivity contribution is 0.0930. The number of amides is 1. The Hall–Kier alpha value is -1.65. The van der Waals surface area contributed by atoms with Crippen molar-refractivity contribution in [3.63, 3.8) is 0 Å². The molecule has 0 saturated heterocycles. The molecule has 1 amide bonds. The van der Waals surface area contributed by atoms with Gasteiger partial charge >= 0.3 is 0 Å². The Morgan fingerprint density at radius 1 is 1.41 bits per heavy atom. The molecule has 1 saturated carbocycles. The van der Waals surface area contributed by atoms with E-state index in [1.165, 1.54) is 0 Å². The van der Waals surface area contributed by atoms with Gasteiger partial charge in [0.2, 0.25) is 0 Å². The van der Waals surface area contributed by atoms with Gasteiger partial charge in [-0.2, -0.15) is 0 Å². The van der Waals surface area contributed by atoms with Crippen molar-refractivity contribution in [2.24, 2.45) is 5.92 Å². The summed E-state index contributed by atoms with van der Waals surface area (Å²) in [6, 6.07) is 2.10. The van der Waals surface area contributed by atoms with Crippen LogP contribution in [0.5, 0.6) is 0 Å². The largest absolute Gasteiger partial charge is 0.396 e. The van der Waals surface area contributed by atoms with E-state index in [1.807, 2.05) is 0 Å².